The molecule has 3 rings (SSSR count). The molecule has 0 saturated carbocycles. The monoisotopic (exact) mass is 528 g/mol. The maximum Gasteiger partial charge on any atom is 0.416 e. The summed E-state index contributed by atoms with van der Waals surface area (Å²) >= 11 is 5.88. The molecular formula is C22H16ClF3N2O6S. The molecule has 184 valence electrons. The maximum atomic E-state index is 13.0. The molecule has 1 amide bonds. The Morgan fingerprint density at radius 2 is 1.71 bits per heavy atom. The minimum absolute atomic E-state index is 0.137. The zero-order valence-corrected chi connectivity index (χ0v) is 19.4. The number of methoxy groups -OCH3 is 1. The molecule has 0 bridgehead atoms. The summed E-state index contributed by atoms with van der Waals surface area (Å²) in [6, 6.07) is 11.3. The van der Waals surface area contributed by atoms with E-state index in [1.165, 1.54) is 31.4 Å². The van der Waals surface area contributed by atoms with Crippen molar-refractivity contribution in [1.29, 1.82) is 0 Å². The minimum atomic E-state index is -4.62. The SMILES string of the molecule is C=S(=O)(NC(=O)c1cc(Oc2ccc(C(F)(F)F)cc2Cl)ccc1[N+](=O)[O-])c1ccc(OC)cc1. The summed E-state index contributed by atoms with van der Waals surface area (Å²) in [4.78, 5) is 23.6. The predicted molar refractivity (Wildman–Crippen MR) is 124 cm³/mol. The van der Waals surface area contributed by atoms with Crippen LogP contribution in [0.3, 0.4) is 0 Å². The Morgan fingerprint density at radius 3 is 2.26 bits per heavy atom. The molecule has 0 aromatic heterocycles. The van der Waals surface area contributed by atoms with E-state index in [4.69, 9.17) is 21.1 Å². The van der Waals surface area contributed by atoms with Gasteiger partial charge in [0.05, 0.1) is 32.3 Å². The number of nitrogens with one attached hydrogen (secondary N) is 1. The number of nitro benzene ring substituents is 1. The summed E-state index contributed by atoms with van der Waals surface area (Å²) < 4.78 is 64.1. The summed E-state index contributed by atoms with van der Waals surface area (Å²) in [5.41, 5.74) is -2.14. The topological polar surface area (TPSA) is 108 Å². The first-order valence-electron chi connectivity index (χ1n) is 9.48. The molecular weight excluding hydrogens is 513 g/mol. The first kappa shape index (κ1) is 25.8. The van der Waals surface area contributed by atoms with Crippen molar-refractivity contribution >= 4 is 38.8 Å². The molecule has 0 aliphatic rings. The number of hydrogen-bond acceptors (Lipinski definition) is 6. The molecule has 35 heavy (non-hydrogen) atoms. The molecule has 0 aliphatic heterocycles. The lowest BCUT2D eigenvalue weighted by Crippen LogP contribution is -2.30. The summed E-state index contributed by atoms with van der Waals surface area (Å²) in [5, 5.41) is 11.1. The molecule has 1 unspecified atom stereocenters. The van der Waals surface area contributed by atoms with Crippen LogP contribution in [-0.4, -0.2) is 28.0 Å². The summed E-state index contributed by atoms with van der Waals surface area (Å²) in [6.07, 6.45) is -4.62. The quantitative estimate of drug-likeness (QED) is 0.247. The van der Waals surface area contributed by atoms with Gasteiger partial charge in [-0.05, 0) is 54.4 Å². The lowest BCUT2D eigenvalue weighted by atomic mass is 10.1. The predicted octanol–water partition coefficient (Wildman–Crippen LogP) is 5.49. The minimum Gasteiger partial charge on any atom is -0.497 e. The van der Waals surface area contributed by atoms with Crippen LogP contribution < -0.4 is 14.2 Å². The molecule has 3 aromatic carbocycles. The van der Waals surface area contributed by atoms with E-state index in [-0.39, 0.29) is 21.4 Å². The number of alkyl halides is 3. The van der Waals surface area contributed by atoms with Crippen molar-refractivity contribution in [1.82, 2.24) is 4.72 Å². The van der Waals surface area contributed by atoms with E-state index in [0.717, 1.165) is 30.3 Å². The number of carbonyl (C=O) groups excluding carboxylic acids is 1. The van der Waals surface area contributed by atoms with E-state index in [1.54, 1.807) is 0 Å². The number of nitro groups is 1. The molecule has 1 N–H and O–H groups in total. The third kappa shape index (κ3) is 6.03. The van der Waals surface area contributed by atoms with Crippen molar-refractivity contribution < 1.29 is 36.6 Å². The molecule has 0 saturated heterocycles. The van der Waals surface area contributed by atoms with Gasteiger partial charge in [0.2, 0.25) is 0 Å². The number of ether oxygens (including phenoxy) is 2. The van der Waals surface area contributed by atoms with Crippen LogP contribution in [0.5, 0.6) is 17.2 Å². The number of nitrogens with zero attached hydrogens (tertiary/aromatic N) is 1. The van der Waals surface area contributed by atoms with Crippen LogP contribution in [0.1, 0.15) is 15.9 Å². The van der Waals surface area contributed by atoms with Crippen LogP contribution in [0, 0.1) is 10.1 Å². The van der Waals surface area contributed by atoms with Crippen molar-refractivity contribution in [2.45, 2.75) is 11.1 Å². The molecule has 0 heterocycles. The lowest BCUT2D eigenvalue weighted by molar-refractivity contribution is -0.385. The Labute approximate surface area is 202 Å². The molecule has 8 nitrogen and oxygen atoms in total. The van der Waals surface area contributed by atoms with Crippen LogP contribution in [0.2, 0.25) is 5.02 Å². The smallest absolute Gasteiger partial charge is 0.416 e. The van der Waals surface area contributed by atoms with Crippen LogP contribution in [0.25, 0.3) is 0 Å². The van der Waals surface area contributed by atoms with E-state index >= 15 is 0 Å². The Bertz CT molecular complexity index is 1390. The van der Waals surface area contributed by atoms with E-state index < -0.39 is 43.5 Å². The second kappa shape index (κ2) is 9.84. The van der Waals surface area contributed by atoms with Gasteiger partial charge < -0.3 is 9.47 Å². The Balaban J connectivity index is 1.91. The lowest BCUT2D eigenvalue weighted by Gasteiger charge is -2.14. The van der Waals surface area contributed by atoms with Crippen LogP contribution in [-0.2, 0) is 15.9 Å². The summed E-state index contributed by atoms with van der Waals surface area (Å²) in [6.45, 7) is 0. The van der Waals surface area contributed by atoms with Gasteiger partial charge in [0, 0.05) is 17.0 Å². The van der Waals surface area contributed by atoms with Gasteiger partial charge in [-0.15, -0.1) is 0 Å². The Morgan fingerprint density at radius 1 is 1.09 bits per heavy atom. The molecule has 0 fully saturated rings. The number of hydrogen-bond donors (Lipinski definition) is 1. The first-order valence-corrected chi connectivity index (χ1v) is 11.6. The average molecular weight is 529 g/mol. The normalized spacial score (nSPS) is 12.9. The van der Waals surface area contributed by atoms with Crippen molar-refractivity contribution in [3.63, 3.8) is 0 Å². The largest absolute Gasteiger partial charge is 0.497 e. The Hall–Kier alpha value is -3.77. The van der Waals surface area contributed by atoms with Crippen LogP contribution in [0.15, 0.2) is 65.6 Å². The Kier molecular flexibility index (Phi) is 7.27. The fourth-order valence-corrected chi connectivity index (χ4v) is 4.19. The van der Waals surface area contributed by atoms with Crippen molar-refractivity contribution in [2.75, 3.05) is 7.11 Å². The van der Waals surface area contributed by atoms with Gasteiger partial charge in [0.15, 0.2) is 0 Å². The van der Waals surface area contributed by atoms with Gasteiger partial charge in [-0.2, -0.15) is 13.2 Å². The van der Waals surface area contributed by atoms with Crippen LogP contribution >= 0.6 is 11.6 Å². The highest BCUT2D eigenvalue weighted by atomic mass is 35.5. The third-order valence-corrected chi connectivity index (χ3v) is 6.44. The van der Waals surface area contributed by atoms with Gasteiger partial charge in [0.1, 0.15) is 22.8 Å². The van der Waals surface area contributed by atoms with E-state index in [1.807, 2.05) is 0 Å². The van der Waals surface area contributed by atoms with Gasteiger partial charge in [-0.25, -0.2) is 4.21 Å². The number of halogens is 4. The van der Waals surface area contributed by atoms with Crippen LogP contribution in [0.4, 0.5) is 18.9 Å². The van der Waals surface area contributed by atoms with E-state index in [9.17, 15) is 32.3 Å². The highest BCUT2D eigenvalue weighted by Gasteiger charge is 2.31. The zero-order valence-electron chi connectivity index (χ0n) is 17.8. The number of carbonyl (C=O) groups is 1. The summed E-state index contributed by atoms with van der Waals surface area (Å²) in [7, 11) is -1.98. The second-order valence-corrected chi connectivity index (χ2v) is 9.40. The molecule has 3 aromatic rings. The first-order chi connectivity index (χ1) is 16.3. The van der Waals surface area contributed by atoms with Gasteiger partial charge in [-0.3, -0.25) is 19.6 Å². The van der Waals surface area contributed by atoms with Crippen molar-refractivity contribution in [2.24, 2.45) is 0 Å². The highest BCUT2D eigenvalue weighted by Crippen LogP contribution is 2.37. The number of rotatable bonds is 7. The van der Waals surface area contributed by atoms with Crippen molar-refractivity contribution in [3.8, 4) is 17.2 Å². The van der Waals surface area contributed by atoms with E-state index in [0.29, 0.717) is 11.8 Å². The molecule has 1 atom stereocenters. The number of benzene rings is 3. The van der Waals surface area contributed by atoms with Gasteiger partial charge in [-0.1, -0.05) is 11.6 Å². The molecule has 0 radical (unpaired) electrons. The molecule has 13 heteroatoms. The van der Waals surface area contributed by atoms with Gasteiger partial charge in [0.25, 0.3) is 11.6 Å². The molecule has 0 aliphatic carbocycles. The third-order valence-electron chi connectivity index (χ3n) is 4.59. The molecule has 0 spiro atoms. The van der Waals surface area contributed by atoms with Crippen molar-refractivity contribution in [3.05, 3.63) is 86.9 Å². The fourth-order valence-electron chi connectivity index (χ4n) is 2.87. The standard InChI is InChI=1S/C22H16ClF3N2O6S/c1-33-14-4-7-16(8-5-14)35(2,32)27-21(29)17-12-15(6-9-19(17)28(30)31)34-20-10-3-13(11-18(20)23)22(24,25)26/h3-12H,2H2,1H3,(H,27,29,32). The maximum absolute atomic E-state index is 13.0. The second-order valence-electron chi connectivity index (χ2n) is 6.96. The highest BCUT2D eigenvalue weighted by molar-refractivity contribution is 7.99. The van der Waals surface area contributed by atoms with Gasteiger partial charge >= 0.3 is 6.18 Å². The fraction of sp³-hybridized carbons (Fsp3) is 0.0909. The van der Waals surface area contributed by atoms with E-state index in [2.05, 4.69) is 10.6 Å². The average Bonchev–Trinajstić information content (AvgIpc) is 2.79. The number of amides is 1. The zero-order chi connectivity index (χ0) is 26.0. The summed E-state index contributed by atoms with van der Waals surface area (Å²) in [5.74, 6) is 2.58.